The third kappa shape index (κ3) is 76.0. The molecule has 534 valence electrons. The molecule has 0 bridgehead atoms. The highest BCUT2D eigenvalue weighted by atomic mass is 31.2. The predicted octanol–water partition coefficient (Wildman–Crippen LogP) is 25.8. The zero-order chi connectivity index (χ0) is 66.9. The zero-order valence-electron chi connectivity index (χ0n) is 61.0. The van der Waals surface area contributed by atoms with E-state index in [1.54, 1.807) is 0 Å². The van der Waals surface area contributed by atoms with Gasteiger partial charge >= 0.3 is 19.8 Å². The van der Waals surface area contributed by atoms with Crippen molar-refractivity contribution >= 4 is 19.8 Å². The van der Waals surface area contributed by atoms with Crippen LogP contribution in [0.1, 0.15) is 361 Å². The third-order valence-electron chi connectivity index (χ3n) is 17.1. The average Bonchev–Trinajstić information content (AvgIpc) is 2.14. The average molecular weight is 1310 g/mol. The van der Waals surface area contributed by atoms with Crippen LogP contribution in [0.4, 0.5) is 0 Å². The van der Waals surface area contributed by atoms with E-state index >= 15 is 0 Å². The molecule has 1 N–H and O–H groups in total. The molecule has 0 aromatic rings. The van der Waals surface area contributed by atoms with E-state index in [2.05, 4.69) is 111 Å². The molecule has 0 saturated heterocycles. The van der Waals surface area contributed by atoms with Gasteiger partial charge in [-0.25, -0.2) is 4.57 Å². The van der Waals surface area contributed by atoms with Gasteiger partial charge in [0.25, 0.3) is 0 Å². The summed E-state index contributed by atoms with van der Waals surface area (Å²) in [7, 11) is 1.46. The Morgan fingerprint density at radius 3 is 0.935 bits per heavy atom. The molecule has 9 nitrogen and oxygen atoms in total. The molecular formula is C82H149NO8P+. The third-order valence-corrected chi connectivity index (χ3v) is 18.1. The van der Waals surface area contributed by atoms with E-state index in [1.807, 2.05) is 21.1 Å². The van der Waals surface area contributed by atoms with Crippen molar-refractivity contribution in [2.24, 2.45) is 0 Å². The van der Waals surface area contributed by atoms with Gasteiger partial charge in [-0.05, 0) is 96.3 Å². The van der Waals surface area contributed by atoms with Crippen molar-refractivity contribution in [3.63, 3.8) is 0 Å². The number of allylic oxidation sites excluding steroid dienone is 16. The maximum Gasteiger partial charge on any atom is 0.472 e. The number of quaternary nitrogens is 1. The van der Waals surface area contributed by atoms with Crippen LogP contribution in [0, 0.1) is 0 Å². The van der Waals surface area contributed by atoms with E-state index in [9.17, 15) is 19.0 Å². The lowest BCUT2D eigenvalue weighted by molar-refractivity contribution is -0.870. The Bertz CT molecular complexity index is 1880. The number of nitrogens with zero attached hydrogens (tertiary/aromatic N) is 1. The number of hydrogen-bond donors (Lipinski definition) is 1. The fourth-order valence-corrected chi connectivity index (χ4v) is 11.9. The quantitative estimate of drug-likeness (QED) is 0.0211. The number of rotatable bonds is 72. The Morgan fingerprint density at radius 1 is 0.348 bits per heavy atom. The van der Waals surface area contributed by atoms with E-state index in [4.69, 9.17) is 18.5 Å². The lowest BCUT2D eigenvalue weighted by Gasteiger charge is -2.24. The van der Waals surface area contributed by atoms with Gasteiger partial charge in [0.2, 0.25) is 0 Å². The second-order valence-corrected chi connectivity index (χ2v) is 28.8. The number of carbonyl (C=O) groups excluding carboxylic acids is 2. The fourth-order valence-electron chi connectivity index (χ4n) is 11.2. The van der Waals surface area contributed by atoms with E-state index < -0.39 is 26.5 Å². The summed E-state index contributed by atoms with van der Waals surface area (Å²) in [4.78, 5) is 35.9. The topological polar surface area (TPSA) is 108 Å². The van der Waals surface area contributed by atoms with Gasteiger partial charge in [-0.2, -0.15) is 0 Å². The second kappa shape index (κ2) is 72.2. The van der Waals surface area contributed by atoms with Crippen LogP contribution in [0.15, 0.2) is 97.2 Å². The predicted molar refractivity (Wildman–Crippen MR) is 399 cm³/mol. The molecule has 0 saturated carbocycles. The molecule has 2 unspecified atom stereocenters. The summed E-state index contributed by atoms with van der Waals surface area (Å²) in [6.07, 6.45) is 101. The monoisotopic (exact) mass is 1310 g/mol. The van der Waals surface area contributed by atoms with Crippen LogP contribution >= 0.6 is 7.82 Å². The molecule has 0 fully saturated rings. The minimum atomic E-state index is -4.40. The Balaban J connectivity index is 3.95. The molecule has 0 aromatic heterocycles. The molecule has 0 heterocycles. The highest BCUT2D eigenvalue weighted by Crippen LogP contribution is 2.43. The Labute approximate surface area is 570 Å². The molecule has 0 aliphatic heterocycles. The number of esters is 2. The molecule has 0 rings (SSSR count). The van der Waals surface area contributed by atoms with Crippen LogP contribution in [-0.4, -0.2) is 74.9 Å². The van der Waals surface area contributed by atoms with Crippen molar-refractivity contribution in [1.29, 1.82) is 0 Å². The summed E-state index contributed by atoms with van der Waals surface area (Å²) in [5.41, 5.74) is 0. The van der Waals surface area contributed by atoms with Crippen LogP contribution in [0.2, 0.25) is 0 Å². The molecule has 0 aliphatic carbocycles. The number of ether oxygens (including phenoxy) is 2. The first-order valence-corrected chi connectivity index (χ1v) is 40.5. The van der Waals surface area contributed by atoms with Gasteiger partial charge in [0.05, 0.1) is 27.7 Å². The number of hydrogen-bond acceptors (Lipinski definition) is 7. The van der Waals surface area contributed by atoms with Crippen molar-refractivity contribution in [1.82, 2.24) is 0 Å². The first-order chi connectivity index (χ1) is 45.0. The second-order valence-electron chi connectivity index (χ2n) is 27.4. The van der Waals surface area contributed by atoms with Gasteiger partial charge in [-0.1, -0.05) is 349 Å². The number of unbranched alkanes of at least 4 members (excludes halogenated alkanes) is 42. The van der Waals surface area contributed by atoms with Crippen molar-refractivity contribution in [2.45, 2.75) is 367 Å². The Kier molecular flexibility index (Phi) is 69.8. The summed E-state index contributed by atoms with van der Waals surface area (Å²) >= 11 is 0. The molecule has 0 spiro atoms. The molecule has 0 aromatic carbocycles. The largest absolute Gasteiger partial charge is 0.472 e. The van der Waals surface area contributed by atoms with E-state index in [-0.39, 0.29) is 32.0 Å². The van der Waals surface area contributed by atoms with Gasteiger partial charge < -0.3 is 18.9 Å². The van der Waals surface area contributed by atoms with Crippen molar-refractivity contribution in [3.8, 4) is 0 Å². The summed E-state index contributed by atoms with van der Waals surface area (Å²) in [6.45, 7) is 4.33. The lowest BCUT2D eigenvalue weighted by Crippen LogP contribution is -2.37. The summed E-state index contributed by atoms with van der Waals surface area (Å²) in [5, 5.41) is 0. The molecule has 92 heavy (non-hydrogen) atoms. The minimum absolute atomic E-state index is 0.0244. The van der Waals surface area contributed by atoms with Gasteiger partial charge in [-0.15, -0.1) is 0 Å². The van der Waals surface area contributed by atoms with Crippen LogP contribution in [0.25, 0.3) is 0 Å². The number of likely N-dealkylation sites (N-methyl/N-ethyl adjacent to an activating group) is 1. The molecule has 0 aliphatic rings. The summed E-state index contributed by atoms with van der Waals surface area (Å²) < 4.78 is 34.7. The first-order valence-electron chi connectivity index (χ1n) is 39.0. The van der Waals surface area contributed by atoms with Crippen molar-refractivity contribution in [3.05, 3.63) is 97.2 Å². The van der Waals surface area contributed by atoms with Crippen LogP contribution in [0.5, 0.6) is 0 Å². The minimum Gasteiger partial charge on any atom is -0.462 e. The van der Waals surface area contributed by atoms with E-state index in [1.165, 1.54) is 231 Å². The molecule has 10 heteroatoms. The zero-order valence-corrected chi connectivity index (χ0v) is 61.9. The highest BCUT2D eigenvalue weighted by molar-refractivity contribution is 7.47. The standard InChI is InChI=1S/C82H148NO8P/c1-6-8-10-12-14-16-18-20-22-24-26-28-30-32-34-35-36-37-38-39-40-41-42-43-44-45-46-47-49-50-52-54-56-58-60-62-64-66-68-70-72-74-81(84)88-78-80(79-90-92(86,87)89-77-76-83(3,4)5)91-82(85)75-73-71-69-67-65-63-61-59-57-55-53-51-48-33-31-29-27-25-23-21-19-17-15-13-11-9-7-2/h9,11,15,17,21,23-24,26-27,29,33,48,53,55,59,61,80H,6-8,10,12-14,16,18-20,22,25,28,30-32,34-47,49-52,54,56-58,60,62-79H2,1-5H3/p+1/b11-9-,17-15-,23-21-,26-24-,29-27-,48-33-,55-53-,61-59-. The maximum absolute atomic E-state index is 12.9. The normalized spacial score (nSPS) is 13.6. The SMILES string of the molecule is CC/C=C\C/C=C\C/C=C\C/C=C\C/C=C\C/C=C\C/C=C\CCCCCCCC(=O)OC(COC(=O)CCCCCCCCCCCCCCCCCCCCCCCCCCCCCCC/C=C\CCCCCCCCCC)COP(=O)(O)OCC[N+](C)(C)C. The number of phosphoric acid groups is 1. The summed E-state index contributed by atoms with van der Waals surface area (Å²) in [6, 6.07) is 0. The number of carbonyl (C=O) groups is 2. The lowest BCUT2D eigenvalue weighted by atomic mass is 10.0. The highest BCUT2D eigenvalue weighted by Gasteiger charge is 2.27. The maximum atomic E-state index is 12.9. The molecule has 0 radical (unpaired) electrons. The van der Waals surface area contributed by atoms with Crippen molar-refractivity contribution < 1.29 is 42.1 Å². The fraction of sp³-hybridized carbons (Fsp3) is 0.780. The van der Waals surface area contributed by atoms with Crippen molar-refractivity contribution in [2.75, 3.05) is 47.5 Å². The van der Waals surface area contributed by atoms with Gasteiger partial charge in [0.1, 0.15) is 19.8 Å². The molecule has 2 atom stereocenters. The van der Waals surface area contributed by atoms with Gasteiger partial charge in [0.15, 0.2) is 6.10 Å². The smallest absolute Gasteiger partial charge is 0.462 e. The van der Waals surface area contributed by atoms with Crippen LogP contribution in [-0.2, 0) is 32.7 Å². The molecular weight excluding hydrogens is 1160 g/mol. The van der Waals surface area contributed by atoms with E-state index in [0.29, 0.717) is 17.4 Å². The van der Waals surface area contributed by atoms with Gasteiger partial charge in [-0.3, -0.25) is 18.6 Å². The van der Waals surface area contributed by atoms with Crippen LogP contribution < -0.4 is 0 Å². The number of phosphoric ester groups is 1. The molecule has 0 amide bonds. The van der Waals surface area contributed by atoms with Crippen LogP contribution in [0.3, 0.4) is 0 Å². The Morgan fingerprint density at radius 2 is 0.620 bits per heavy atom. The van der Waals surface area contributed by atoms with Gasteiger partial charge in [0, 0.05) is 12.8 Å². The van der Waals surface area contributed by atoms with E-state index in [0.717, 1.165) is 96.3 Å². The Hall–Kier alpha value is -3.07. The summed E-state index contributed by atoms with van der Waals surface area (Å²) in [5.74, 6) is -0.811. The first kappa shape index (κ1) is 88.9.